The molecule has 0 amide bonds. The second kappa shape index (κ2) is 11.5. The van der Waals surface area contributed by atoms with Crippen LogP contribution in [-0.4, -0.2) is 43.5 Å². The summed E-state index contributed by atoms with van der Waals surface area (Å²) in [5, 5.41) is 3.83. The number of nitrogens with two attached hydrogens (primary N) is 1. The molecule has 4 heteroatoms. The van der Waals surface area contributed by atoms with Gasteiger partial charge in [0.2, 0.25) is 0 Å². The minimum Gasteiger partial charge on any atom is -0.357 e. The molecule has 2 aliphatic carbocycles. The third-order valence-corrected chi connectivity index (χ3v) is 11.6. The zero-order valence-corrected chi connectivity index (χ0v) is 27.8. The molecule has 4 aromatic rings. The molecular formula is C42H48N4. The Bertz CT molecular complexity index is 1770. The molecule has 1 saturated heterocycles. The molecule has 1 spiro atoms. The number of benzene rings is 4. The quantitative estimate of drug-likeness (QED) is 0.184. The molecule has 2 aliphatic heterocycles. The zero-order valence-electron chi connectivity index (χ0n) is 27.8. The van der Waals surface area contributed by atoms with Crippen LogP contribution < -0.4 is 11.1 Å². The van der Waals surface area contributed by atoms with E-state index in [9.17, 15) is 0 Å². The number of aliphatic imine (C=N–C) groups is 1. The molecule has 8 rings (SSSR count). The maximum absolute atomic E-state index is 6.51. The van der Waals surface area contributed by atoms with E-state index in [1.54, 1.807) is 0 Å². The van der Waals surface area contributed by atoms with E-state index in [1.807, 2.05) is 0 Å². The van der Waals surface area contributed by atoms with E-state index in [1.165, 1.54) is 80.7 Å². The molecule has 46 heavy (non-hydrogen) atoms. The Hall–Kier alpha value is -3.73. The first-order chi connectivity index (χ1) is 22.5. The van der Waals surface area contributed by atoms with E-state index < -0.39 is 5.41 Å². The normalized spacial score (nSPS) is 20.7. The molecule has 0 aromatic heterocycles. The number of hydrogen-bond donors (Lipinski definition) is 2. The maximum Gasteiger partial charge on any atom is 0.121 e. The molecule has 0 saturated carbocycles. The van der Waals surface area contributed by atoms with Crippen LogP contribution in [0.5, 0.6) is 0 Å². The van der Waals surface area contributed by atoms with Crippen LogP contribution in [0, 0.1) is 0 Å². The van der Waals surface area contributed by atoms with Gasteiger partial charge in [-0.2, -0.15) is 0 Å². The summed E-state index contributed by atoms with van der Waals surface area (Å²) in [5.41, 5.74) is 19.9. The molecule has 4 aromatic carbocycles. The lowest BCUT2D eigenvalue weighted by Gasteiger charge is -2.46. The molecule has 3 N–H and O–H groups in total. The van der Waals surface area contributed by atoms with Gasteiger partial charge in [-0.1, -0.05) is 119 Å². The highest BCUT2D eigenvalue weighted by atomic mass is 15.3. The fourth-order valence-electron chi connectivity index (χ4n) is 9.31. The van der Waals surface area contributed by atoms with E-state index in [0.29, 0.717) is 12.5 Å². The summed E-state index contributed by atoms with van der Waals surface area (Å²) in [5.74, 6) is 1.58. The molecule has 2 heterocycles. The van der Waals surface area contributed by atoms with Gasteiger partial charge in [0.1, 0.15) is 5.84 Å². The minimum absolute atomic E-state index is 0.104. The van der Waals surface area contributed by atoms with Crippen molar-refractivity contribution in [3.05, 3.63) is 129 Å². The van der Waals surface area contributed by atoms with Crippen molar-refractivity contribution in [2.45, 2.75) is 75.7 Å². The SMILES string of the molecule is CCCCCC(CN)c1ccc2c(c1)C1(c3ccc(C4NCCN5CCCN=C45)cc3-2)c2ccccc2C(C)(C)c2ccccc21. The van der Waals surface area contributed by atoms with Crippen LogP contribution in [0.2, 0.25) is 0 Å². The fourth-order valence-corrected chi connectivity index (χ4v) is 9.31. The van der Waals surface area contributed by atoms with Gasteiger partial charge in [0.25, 0.3) is 0 Å². The van der Waals surface area contributed by atoms with Crippen molar-refractivity contribution in [3.63, 3.8) is 0 Å². The zero-order chi connectivity index (χ0) is 31.5. The lowest BCUT2D eigenvalue weighted by Crippen LogP contribution is -2.52. The number of rotatable bonds is 7. The lowest BCUT2D eigenvalue weighted by atomic mass is 9.55. The second-order valence-electron chi connectivity index (χ2n) is 14.5. The number of hydrogen-bond acceptors (Lipinski definition) is 4. The van der Waals surface area contributed by atoms with E-state index in [2.05, 4.69) is 116 Å². The van der Waals surface area contributed by atoms with Crippen molar-refractivity contribution >= 4 is 5.84 Å². The number of nitrogens with zero attached hydrogens (tertiary/aromatic N) is 2. The molecular weight excluding hydrogens is 560 g/mol. The topological polar surface area (TPSA) is 53.6 Å². The standard InChI is InChI=1S/C42H48N4/c1-4-5-6-12-30(27-43)28-17-19-31-32-25-29(39-40-45-21-11-23-46(40)24-22-44-39)18-20-33(32)42(38(31)26-28)36-15-9-7-13-34(36)41(2,3)35-14-8-10-16-37(35)42/h7-10,13-20,25-26,30,39,44H,4-6,11-12,21-24,27,43H2,1-3H3. The summed E-state index contributed by atoms with van der Waals surface area (Å²) in [4.78, 5) is 7.55. The van der Waals surface area contributed by atoms with Gasteiger partial charge in [0.05, 0.1) is 11.5 Å². The van der Waals surface area contributed by atoms with Crippen molar-refractivity contribution in [3.8, 4) is 11.1 Å². The first-order valence-corrected chi connectivity index (χ1v) is 17.7. The second-order valence-corrected chi connectivity index (χ2v) is 14.5. The van der Waals surface area contributed by atoms with Crippen LogP contribution in [0.3, 0.4) is 0 Å². The van der Waals surface area contributed by atoms with Crippen LogP contribution >= 0.6 is 0 Å². The number of unbranched alkanes of at least 4 members (excludes halogenated alkanes) is 2. The first-order valence-electron chi connectivity index (χ1n) is 17.7. The van der Waals surface area contributed by atoms with Crippen molar-refractivity contribution in [2.24, 2.45) is 10.7 Å². The predicted octanol–water partition coefficient (Wildman–Crippen LogP) is 8.06. The molecule has 0 radical (unpaired) electrons. The number of nitrogens with one attached hydrogen (secondary N) is 1. The van der Waals surface area contributed by atoms with Crippen LogP contribution in [0.4, 0.5) is 0 Å². The average molecular weight is 609 g/mol. The summed E-state index contributed by atoms with van der Waals surface area (Å²) >= 11 is 0. The van der Waals surface area contributed by atoms with Crippen molar-refractivity contribution in [1.29, 1.82) is 0 Å². The Balaban J connectivity index is 1.38. The lowest BCUT2D eigenvalue weighted by molar-refractivity contribution is 0.332. The van der Waals surface area contributed by atoms with Crippen molar-refractivity contribution in [1.82, 2.24) is 10.2 Å². The molecule has 2 unspecified atom stereocenters. The highest BCUT2D eigenvalue weighted by molar-refractivity contribution is 5.92. The fraction of sp³-hybridized carbons (Fsp3) is 0.405. The number of amidine groups is 1. The van der Waals surface area contributed by atoms with Crippen LogP contribution in [-0.2, 0) is 10.8 Å². The molecule has 0 bridgehead atoms. The largest absolute Gasteiger partial charge is 0.357 e. The highest BCUT2D eigenvalue weighted by Gasteiger charge is 2.53. The van der Waals surface area contributed by atoms with E-state index in [-0.39, 0.29) is 11.5 Å². The highest BCUT2D eigenvalue weighted by Crippen LogP contribution is 2.62. The van der Waals surface area contributed by atoms with Gasteiger partial charge >= 0.3 is 0 Å². The minimum atomic E-state index is -0.390. The van der Waals surface area contributed by atoms with Gasteiger partial charge in [0, 0.05) is 31.6 Å². The van der Waals surface area contributed by atoms with E-state index >= 15 is 0 Å². The van der Waals surface area contributed by atoms with Crippen molar-refractivity contribution < 1.29 is 0 Å². The Morgan fingerprint density at radius 2 is 1.57 bits per heavy atom. The molecule has 1 fully saturated rings. The molecule has 236 valence electrons. The Kier molecular flexibility index (Phi) is 7.42. The summed E-state index contributed by atoms with van der Waals surface area (Å²) in [6, 6.07) is 33.3. The molecule has 4 nitrogen and oxygen atoms in total. The first kappa shape index (κ1) is 29.7. The summed E-state index contributed by atoms with van der Waals surface area (Å²) in [6.07, 6.45) is 5.99. The van der Waals surface area contributed by atoms with Crippen LogP contribution in [0.15, 0.2) is 89.9 Å². The summed E-state index contributed by atoms with van der Waals surface area (Å²) in [7, 11) is 0. The van der Waals surface area contributed by atoms with E-state index in [0.717, 1.165) is 39.0 Å². The molecule has 2 atom stereocenters. The number of fused-ring (bicyclic) bond motifs is 10. The van der Waals surface area contributed by atoms with E-state index in [4.69, 9.17) is 10.7 Å². The third-order valence-electron chi connectivity index (χ3n) is 11.6. The Morgan fingerprint density at radius 1 is 0.826 bits per heavy atom. The maximum atomic E-state index is 6.51. The van der Waals surface area contributed by atoms with Gasteiger partial charge < -0.3 is 16.0 Å². The predicted molar refractivity (Wildman–Crippen MR) is 191 cm³/mol. The summed E-state index contributed by atoms with van der Waals surface area (Å²) in [6.45, 7) is 11.8. The van der Waals surface area contributed by atoms with Gasteiger partial charge in [-0.05, 0) is 87.0 Å². The van der Waals surface area contributed by atoms with Gasteiger partial charge in [-0.3, -0.25) is 4.99 Å². The third kappa shape index (κ3) is 4.29. The molecule has 4 aliphatic rings. The van der Waals surface area contributed by atoms with Crippen LogP contribution in [0.1, 0.15) is 109 Å². The summed E-state index contributed by atoms with van der Waals surface area (Å²) < 4.78 is 0. The van der Waals surface area contributed by atoms with Gasteiger partial charge in [-0.25, -0.2) is 0 Å². The Morgan fingerprint density at radius 3 is 2.28 bits per heavy atom. The van der Waals surface area contributed by atoms with Gasteiger partial charge in [0.15, 0.2) is 0 Å². The average Bonchev–Trinajstić information content (AvgIpc) is 3.39. The smallest absolute Gasteiger partial charge is 0.121 e. The Labute approximate surface area is 275 Å². The number of piperazine rings is 1. The van der Waals surface area contributed by atoms with Crippen LogP contribution in [0.25, 0.3) is 11.1 Å². The monoisotopic (exact) mass is 608 g/mol. The van der Waals surface area contributed by atoms with Crippen molar-refractivity contribution in [2.75, 3.05) is 32.7 Å². The van der Waals surface area contributed by atoms with Gasteiger partial charge in [-0.15, -0.1) is 0 Å².